The Morgan fingerprint density at radius 3 is 2.58 bits per heavy atom. The second-order valence-electron chi connectivity index (χ2n) is 6.54. The normalized spacial score (nSPS) is 29.2. The van der Waals surface area contributed by atoms with Gasteiger partial charge < -0.3 is 15.4 Å². The van der Waals surface area contributed by atoms with Gasteiger partial charge in [-0.2, -0.15) is 0 Å². The molecule has 0 aromatic rings. The van der Waals surface area contributed by atoms with Crippen molar-refractivity contribution in [3.8, 4) is 0 Å². The predicted molar refractivity (Wildman–Crippen MR) is 75.2 cm³/mol. The molecule has 1 saturated carbocycles. The Morgan fingerprint density at radius 2 is 1.95 bits per heavy atom. The fourth-order valence-electron chi connectivity index (χ4n) is 3.02. The van der Waals surface area contributed by atoms with E-state index in [-0.39, 0.29) is 12.1 Å². The van der Waals surface area contributed by atoms with Crippen LogP contribution < -0.4 is 10.6 Å². The lowest BCUT2D eigenvalue weighted by Gasteiger charge is -2.36. The minimum absolute atomic E-state index is 0.243. The number of carbonyl (C=O) groups excluding carboxylic acids is 1. The van der Waals surface area contributed by atoms with Gasteiger partial charge in [0.15, 0.2) is 0 Å². The number of piperazine rings is 1. The van der Waals surface area contributed by atoms with E-state index in [1.807, 2.05) is 20.8 Å². The Balaban J connectivity index is 1.86. The van der Waals surface area contributed by atoms with Crippen molar-refractivity contribution in [3.63, 3.8) is 0 Å². The molecular weight excluding hydrogens is 242 g/mol. The number of carbonyl (C=O) groups is 1. The van der Waals surface area contributed by atoms with Gasteiger partial charge in [0.1, 0.15) is 5.60 Å². The van der Waals surface area contributed by atoms with Gasteiger partial charge >= 0.3 is 6.09 Å². The van der Waals surface area contributed by atoms with E-state index in [1.165, 1.54) is 12.8 Å². The van der Waals surface area contributed by atoms with Crippen LogP contribution in [-0.4, -0.2) is 54.9 Å². The molecule has 1 saturated heterocycles. The van der Waals surface area contributed by atoms with Crippen molar-refractivity contribution in [2.24, 2.45) is 0 Å². The van der Waals surface area contributed by atoms with Crippen LogP contribution in [0.1, 0.15) is 40.0 Å². The fourth-order valence-corrected chi connectivity index (χ4v) is 3.02. The Hall–Kier alpha value is -0.810. The van der Waals surface area contributed by atoms with Crippen LogP contribution in [0.15, 0.2) is 0 Å². The maximum Gasteiger partial charge on any atom is 0.407 e. The molecule has 2 fully saturated rings. The summed E-state index contributed by atoms with van der Waals surface area (Å²) in [6, 6.07) is 0.725. The Kier molecular flexibility index (Phi) is 4.68. The van der Waals surface area contributed by atoms with Crippen LogP contribution in [-0.2, 0) is 4.74 Å². The summed E-state index contributed by atoms with van der Waals surface area (Å²) in [5.41, 5.74) is -0.423. The highest BCUT2D eigenvalue weighted by Crippen LogP contribution is 2.25. The largest absolute Gasteiger partial charge is 0.444 e. The molecule has 0 aromatic carbocycles. The molecule has 0 spiro atoms. The molecule has 110 valence electrons. The first-order valence-electron chi connectivity index (χ1n) is 7.40. The molecule has 1 aliphatic carbocycles. The van der Waals surface area contributed by atoms with Crippen molar-refractivity contribution in [2.45, 2.75) is 57.7 Å². The van der Waals surface area contributed by atoms with Crippen molar-refractivity contribution >= 4 is 6.09 Å². The summed E-state index contributed by atoms with van der Waals surface area (Å²) >= 11 is 0. The molecule has 0 bridgehead atoms. The molecule has 2 aliphatic rings. The molecule has 2 atom stereocenters. The molecule has 2 N–H and O–H groups in total. The lowest BCUT2D eigenvalue weighted by atomic mass is 10.1. The lowest BCUT2D eigenvalue weighted by Crippen LogP contribution is -2.54. The molecule has 2 rings (SSSR count). The molecule has 1 amide bonds. The molecule has 1 aliphatic heterocycles. The number of ether oxygens (including phenoxy) is 1. The molecule has 0 unspecified atom stereocenters. The smallest absolute Gasteiger partial charge is 0.407 e. The highest BCUT2D eigenvalue weighted by molar-refractivity contribution is 5.68. The summed E-state index contributed by atoms with van der Waals surface area (Å²) in [6.07, 6.45) is 3.16. The van der Waals surface area contributed by atoms with Crippen LogP contribution in [0.2, 0.25) is 0 Å². The number of alkyl carbamates (subject to hydrolysis) is 1. The van der Waals surface area contributed by atoms with Gasteiger partial charge in [-0.05, 0) is 40.0 Å². The number of hydrogen-bond acceptors (Lipinski definition) is 4. The zero-order chi connectivity index (χ0) is 13.9. The Bertz CT molecular complexity index is 308. The van der Waals surface area contributed by atoms with Gasteiger partial charge in [0.25, 0.3) is 0 Å². The van der Waals surface area contributed by atoms with Gasteiger partial charge in [-0.1, -0.05) is 0 Å². The monoisotopic (exact) mass is 269 g/mol. The quantitative estimate of drug-likeness (QED) is 0.794. The number of hydrogen-bond donors (Lipinski definition) is 2. The average Bonchev–Trinajstić information content (AvgIpc) is 2.75. The van der Waals surface area contributed by atoms with Gasteiger partial charge in [-0.25, -0.2) is 4.79 Å². The van der Waals surface area contributed by atoms with Gasteiger partial charge in [-0.3, -0.25) is 4.90 Å². The minimum atomic E-state index is -0.423. The summed E-state index contributed by atoms with van der Waals surface area (Å²) < 4.78 is 5.35. The minimum Gasteiger partial charge on any atom is -0.444 e. The van der Waals surface area contributed by atoms with Crippen molar-refractivity contribution in [1.29, 1.82) is 0 Å². The number of amides is 1. The number of rotatable bonds is 2. The van der Waals surface area contributed by atoms with Gasteiger partial charge in [0.2, 0.25) is 0 Å². The number of nitrogens with one attached hydrogen (secondary N) is 2. The first-order valence-corrected chi connectivity index (χ1v) is 7.40. The highest BCUT2D eigenvalue weighted by Gasteiger charge is 2.34. The predicted octanol–water partition coefficient (Wildman–Crippen LogP) is 1.34. The Morgan fingerprint density at radius 1 is 1.26 bits per heavy atom. The average molecular weight is 269 g/mol. The molecule has 0 aromatic heterocycles. The first kappa shape index (κ1) is 14.6. The summed E-state index contributed by atoms with van der Waals surface area (Å²) in [5, 5.41) is 6.43. The van der Waals surface area contributed by atoms with E-state index in [0.29, 0.717) is 6.04 Å². The lowest BCUT2D eigenvalue weighted by molar-refractivity contribution is 0.0468. The zero-order valence-corrected chi connectivity index (χ0v) is 12.4. The first-order chi connectivity index (χ1) is 8.96. The summed E-state index contributed by atoms with van der Waals surface area (Å²) in [6.45, 7) is 9.96. The molecule has 0 radical (unpaired) electrons. The van der Waals surface area contributed by atoms with E-state index < -0.39 is 5.60 Å². The molecule has 5 heteroatoms. The SMILES string of the molecule is CC(C)(C)OC(=O)N[C@H]1CCC[C@@H]1N1CCNCC1. The third kappa shape index (κ3) is 4.35. The van der Waals surface area contributed by atoms with Crippen LogP contribution in [0.3, 0.4) is 0 Å². The molecule has 1 heterocycles. The van der Waals surface area contributed by atoms with Crippen molar-refractivity contribution < 1.29 is 9.53 Å². The van der Waals surface area contributed by atoms with E-state index in [0.717, 1.165) is 32.6 Å². The van der Waals surface area contributed by atoms with E-state index in [9.17, 15) is 4.79 Å². The summed E-state index contributed by atoms with van der Waals surface area (Å²) in [7, 11) is 0. The van der Waals surface area contributed by atoms with Crippen molar-refractivity contribution in [2.75, 3.05) is 26.2 Å². The van der Waals surface area contributed by atoms with Gasteiger partial charge in [0.05, 0.1) is 0 Å². The van der Waals surface area contributed by atoms with Crippen LogP contribution in [0.25, 0.3) is 0 Å². The topological polar surface area (TPSA) is 53.6 Å². The van der Waals surface area contributed by atoms with Crippen molar-refractivity contribution in [3.05, 3.63) is 0 Å². The van der Waals surface area contributed by atoms with E-state index in [4.69, 9.17) is 4.74 Å². The second-order valence-corrected chi connectivity index (χ2v) is 6.54. The maximum absolute atomic E-state index is 11.9. The summed E-state index contributed by atoms with van der Waals surface area (Å²) in [4.78, 5) is 14.4. The second kappa shape index (κ2) is 6.09. The number of nitrogens with zero attached hydrogens (tertiary/aromatic N) is 1. The summed E-state index contributed by atoms with van der Waals surface area (Å²) in [5.74, 6) is 0. The Labute approximate surface area is 116 Å². The molecular formula is C14H27N3O2. The van der Waals surface area contributed by atoms with Crippen molar-refractivity contribution in [1.82, 2.24) is 15.5 Å². The maximum atomic E-state index is 11.9. The van der Waals surface area contributed by atoms with Crippen LogP contribution in [0, 0.1) is 0 Å². The third-order valence-electron chi connectivity index (χ3n) is 3.80. The zero-order valence-electron chi connectivity index (χ0n) is 12.4. The van der Waals surface area contributed by atoms with E-state index >= 15 is 0 Å². The van der Waals surface area contributed by atoms with Crippen LogP contribution >= 0.6 is 0 Å². The van der Waals surface area contributed by atoms with Gasteiger partial charge in [0, 0.05) is 38.3 Å². The molecule has 19 heavy (non-hydrogen) atoms. The standard InChI is InChI=1S/C14H27N3O2/c1-14(2,3)19-13(18)16-11-5-4-6-12(11)17-9-7-15-8-10-17/h11-12,15H,4-10H2,1-3H3,(H,16,18)/t11-,12-/m0/s1. The van der Waals surface area contributed by atoms with Crippen LogP contribution in [0.5, 0.6) is 0 Å². The molecule has 5 nitrogen and oxygen atoms in total. The third-order valence-corrected chi connectivity index (χ3v) is 3.80. The van der Waals surface area contributed by atoms with E-state index in [1.54, 1.807) is 0 Å². The highest BCUT2D eigenvalue weighted by atomic mass is 16.6. The van der Waals surface area contributed by atoms with Gasteiger partial charge in [-0.15, -0.1) is 0 Å². The van der Waals surface area contributed by atoms with Crippen LogP contribution in [0.4, 0.5) is 4.79 Å². The van der Waals surface area contributed by atoms with E-state index in [2.05, 4.69) is 15.5 Å². The fraction of sp³-hybridized carbons (Fsp3) is 0.929.